The first-order valence-corrected chi connectivity index (χ1v) is 2.43. The molecule has 3 nitrogen and oxygen atoms in total. The van der Waals surface area contributed by atoms with Gasteiger partial charge in [0.25, 0.3) is 0 Å². The first-order valence-electron chi connectivity index (χ1n) is 2.43. The smallest absolute Gasteiger partial charge is 0.399 e. The van der Waals surface area contributed by atoms with E-state index in [9.17, 15) is 4.79 Å². The lowest BCUT2D eigenvalue weighted by Crippen LogP contribution is -2.12. The summed E-state index contributed by atoms with van der Waals surface area (Å²) < 4.78 is 8.88. The van der Waals surface area contributed by atoms with E-state index < -0.39 is 6.16 Å². The van der Waals surface area contributed by atoms with Crippen LogP contribution in [0.15, 0.2) is 24.7 Å². The summed E-state index contributed by atoms with van der Waals surface area (Å²) in [4.78, 5) is 10.3. The van der Waals surface area contributed by atoms with E-state index in [0.29, 0.717) is 17.9 Å². The van der Waals surface area contributed by atoms with Crippen LogP contribution in [-0.2, 0) is 9.47 Å². The van der Waals surface area contributed by atoms with Crippen molar-refractivity contribution in [3.63, 3.8) is 0 Å². The zero-order valence-corrected chi connectivity index (χ0v) is 4.85. The predicted octanol–water partition coefficient (Wildman–Crippen LogP) is 1.57. The number of ether oxygens (including phenoxy) is 2. The van der Waals surface area contributed by atoms with E-state index in [2.05, 4.69) is 22.6 Å². The number of hydrogen-bond acceptors (Lipinski definition) is 3. The van der Waals surface area contributed by atoms with Crippen molar-refractivity contribution in [2.75, 3.05) is 0 Å². The van der Waals surface area contributed by atoms with Crippen molar-refractivity contribution in [3.8, 4) is 0 Å². The van der Waals surface area contributed by atoms with Gasteiger partial charge in [0.1, 0.15) is 11.5 Å². The highest BCUT2D eigenvalue weighted by Gasteiger charge is 2.16. The average Bonchev–Trinajstić information content (AvgIpc) is 1.59. The third kappa shape index (κ3) is 1.32. The van der Waals surface area contributed by atoms with Crippen LogP contribution in [0, 0.1) is 0 Å². The Morgan fingerprint density at radius 3 is 2.00 bits per heavy atom. The predicted molar refractivity (Wildman–Crippen MR) is 30.5 cm³/mol. The van der Waals surface area contributed by atoms with Crippen LogP contribution in [0.2, 0.25) is 0 Å². The van der Waals surface area contributed by atoms with E-state index in [1.165, 1.54) is 0 Å². The van der Waals surface area contributed by atoms with E-state index in [4.69, 9.17) is 0 Å². The molecule has 3 heteroatoms. The fourth-order valence-corrected chi connectivity index (χ4v) is 0.549. The highest BCUT2D eigenvalue weighted by Crippen LogP contribution is 2.17. The second kappa shape index (κ2) is 1.93. The van der Waals surface area contributed by atoms with Crippen molar-refractivity contribution in [1.29, 1.82) is 0 Å². The summed E-state index contributed by atoms with van der Waals surface area (Å²) in [6, 6.07) is 0. The minimum absolute atomic E-state index is 0.385. The maximum atomic E-state index is 10.3. The third-order valence-electron chi connectivity index (χ3n) is 0.850. The summed E-state index contributed by atoms with van der Waals surface area (Å²) in [7, 11) is 0. The minimum atomic E-state index is -0.740. The molecule has 0 radical (unpaired) electrons. The molecule has 0 N–H and O–H groups in total. The topological polar surface area (TPSA) is 35.5 Å². The molecule has 1 rings (SSSR count). The summed E-state index contributed by atoms with van der Waals surface area (Å²) in [6.07, 6.45) is -0.331. The Hall–Kier alpha value is -1.25. The molecule has 1 aliphatic rings. The van der Waals surface area contributed by atoms with Crippen molar-refractivity contribution in [2.45, 2.75) is 6.42 Å². The van der Waals surface area contributed by atoms with Gasteiger partial charge in [-0.3, -0.25) is 0 Å². The van der Waals surface area contributed by atoms with Crippen LogP contribution in [-0.4, -0.2) is 6.16 Å². The van der Waals surface area contributed by atoms with Gasteiger partial charge in [0, 0.05) is 0 Å². The lowest BCUT2D eigenvalue weighted by atomic mass is 10.3. The second-order valence-corrected chi connectivity index (χ2v) is 1.71. The van der Waals surface area contributed by atoms with Gasteiger partial charge in [-0.2, -0.15) is 0 Å². The Morgan fingerprint density at radius 2 is 1.67 bits per heavy atom. The summed E-state index contributed by atoms with van der Waals surface area (Å²) >= 11 is 0. The largest absolute Gasteiger partial charge is 0.518 e. The van der Waals surface area contributed by atoms with Crippen molar-refractivity contribution >= 4 is 6.16 Å². The lowest BCUT2D eigenvalue weighted by Gasteiger charge is -2.14. The highest BCUT2D eigenvalue weighted by atomic mass is 16.7. The van der Waals surface area contributed by atoms with Gasteiger partial charge in [-0.15, -0.1) is 0 Å². The third-order valence-corrected chi connectivity index (χ3v) is 0.850. The number of carbonyl (C=O) groups excluding carboxylic acids is 1. The maximum absolute atomic E-state index is 10.3. The van der Waals surface area contributed by atoms with Gasteiger partial charge in [-0.05, 0) is 0 Å². The molecule has 0 aliphatic carbocycles. The van der Waals surface area contributed by atoms with Crippen molar-refractivity contribution in [1.82, 2.24) is 0 Å². The molecule has 9 heavy (non-hydrogen) atoms. The van der Waals surface area contributed by atoms with Gasteiger partial charge in [0.15, 0.2) is 0 Å². The number of hydrogen-bond donors (Lipinski definition) is 0. The fraction of sp³-hybridized carbons (Fsp3) is 0.167. The zero-order valence-electron chi connectivity index (χ0n) is 4.85. The summed E-state index contributed by atoms with van der Waals surface area (Å²) in [6.45, 7) is 6.86. The van der Waals surface area contributed by atoms with Crippen LogP contribution in [0.3, 0.4) is 0 Å². The highest BCUT2D eigenvalue weighted by molar-refractivity contribution is 5.64. The quantitative estimate of drug-likeness (QED) is 0.462. The minimum Gasteiger partial charge on any atom is -0.399 e. The number of rotatable bonds is 0. The first-order chi connectivity index (χ1) is 4.18. The monoisotopic (exact) mass is 126 g/mol. The van der Waals surface area contributed by atoms with Crippen LogP contribution in [0.25, 0.3) is 0 Å². The van der Waals surface area contributed by atoms with Gasteiger partial charge in [-0.25, -0.2) is 4.79 Å². The van der Waals surface area contributed by atoms with E-state index in [1.807, 2.05) is 0 Å². The van der Waals surface area contributed by atoms with Crippen LogP contribution in [0.5, 0.6) is 0 Å². The molecule has 0 bridgehead atoms. The van der Waals surface area contributed by atoms with E-state index in [0.717, 1.165) is 0 Å². The van der Waals surface area contributed by atoms with E-state index in [-0.39, 0.29) is 0 Å². The van der Waals surface area contributed by atoms with Crippen molar-refractivity contribution < 1.29 is 14.3 Å². The Morgan fingerprint density at radius 1 is 1.22 bits per heavy atom. The van der Waals surface area contributed by atoms with Crippen LogP contribution < -0.4 is 0 Å². The molecule has 0 saturated carbocycles. The number of carbonyl (C=O) groups is 1. The Kier molecular flexibility index (Phi) is 1.26. The first kappa shape index (κ1) is 5.88. The molecule has 1 fully saturated rings. The number of cyclic esters (lactones) is 2. The molecule has 0 amide bonds. The van der Waals surface area contributed by atoms with Gasteiger partial charge < -0.3 is 9.47 Å². The van der Waals surface area contributed by atoms with Crippen molar-refractivity contribution in [3.05, 3.63) is 24.7 Å². The molecule has 0 atom stereocenters. The lowest BCUT2D eigenvalue weighted by molar-refractivity contribution is 0.0793. The molecule has 1 saturated heterocycles. The molecular weight excluding hydrogens is 120 g/mol. The van der Waals surface area contributed by atoms with Gasteiger partial charge in [0.2, 0.25) is 0 Å². The van der Waals surface area contributed by atoms with Gasteiger partial charge in [-0.1, -0.05) is 13.2 Å². The van der Waals surface area contributed by atoms with Crippen LogP contribution in [0.1, 0.15) is 6.42 Å². The SMILES string of the molecule is C=C1CC(=C)OC(=O)O1. The average molecular weight is 126 g/mol. The van der Waals surface area contributed by atoms with Crippen LogP contribution >= 0.6 is 0 Å². The summed E-state index contributed by atoms with van der Waals surface area (Å²) in [5.41, 5.74) is 0. The molecule has 1 heterocycles. The molecule has 0 unspecified atom stereocenters. The Bertz CT molecular complexity index is 135. The zero-order chi connectivity index (χ0) is 6.85. The summed E-state index contributed by atoms with van der Waals surface area (Å²) in [5, 5.41) is 0. The Balaban J connectivity index is 2.64. The molecule has 0 aromatic carbocycles. The molecule has 48 valence electrons. The van der Waals surface area contributed by atoms with E-state index >= 15 is 0 Å². The summed E-state index contributed by atoms with van der Waals surface area (Å²) in [5.74, 6) is 0.771. The second-order valence-electron chi connectivity index (χ2n) is 1.71. The molecule has 0 spiro atoms. The van der Waals surface area contributed by atoms with Gasteiger partial charge in [0.05, 0.1) is 6.42 Å². The molecule has 0 aromatic rings. The maximum Gasteiger partial charge on any atom is 0.518 e. The molecule has 0 aromatic heterocycles. The Labute approximate surface area is 52.6 Å². The fourth-order valence-electron chi connectivity index (χ4n) is 0.549. The standard InChI is InChI=1S/C6H6O3/c1-4-3-5(2)9-6(7)8-4/h1-3H2. The van der Waals surface area contributed by atoms with Crippen molar-refractivity contribution in [2.24, 2.45) is 0 Å². The van der Waals surface area contributed by atoms with E-state index in [1.54, 1.807) is 0 Å². The molecular formula is C6H6O3. The van der Waals surface area contributed by atoms with Crippen LogP contribution in [0.4, 0.5) is 4.79 Å². The van der Waals surface area contributed by atoms with Gasteiger partial charge >= 0.3 is 6.16 Å². The molecule has 1 aliphatic heterocycles. The normalized spacial score (nSPS) is 18.9.